The second-order valence-corrected chi connectivity index (χ2v) is 18.6. The third-order valence-corrected chi connectivity index (χ3v) is 15.1. The smallest absolute Gasteiger partial charge is 0.209 e. The molecule has 67 heavy (non-hydrogen) atoms. The molecule has 2 aromatic heterocycles. The average molecular weight is 873 g/mol. The quantitative estimate of drug-likeness (QED) is 0.187. The van der Waals surface area contributed by atoms with Gasteiger partial charge in [-0.15, -0.1) is 0 Å². The van der Waals surface area contributed by atoms with Crippen molar-refractivity contribution in [3.8, 4) is 16.8 Å². The monoisotopic (exact) mass is 872 g/mol. The lowest BCUT2D eigenvalue weighted by Crippen LogP contribution is -2.41. The zero-order chi connectivity index (χ0) is 44.0. The van der Waals surface area contributed by atoms with Crippen LogP contribution in [0.2, 0.25) is 0 Å². The van der Waals surface area contributed by atoms with E-state index in [1.807, 2.05) is 11.8 Å². The first-order valence-electron chi connectivity index (χ1n) is 22.9. The van der Waals surface area contributed by atoms with Gasteiger partial charge in [-0.05, 0) is 86.3 Å². The lowest BCUT2D eigenvalue weighted by molar-refractivity contribution is 0.848. The van der Waals surface area contributed by atoms with E-state index in [1.54, 1.807) is 0 Å². The average Bonchev–Trinajstić information content (AvgIpc) is 4.07. The molecule has 0 radical (unpaired) electrons. The number of aliphatic imine (C=N–C) groups is 1. The number of fused-ring (bicyclic) bond motifs is 11. The van der Waals surface area contributed by atoms with Gasteiger partial charge in [-0.3, -0.25) is 4.57 Å². The summed E-state index contributed by atoms with van der Waals surface area (Å²) in [4.78, 5) is 8.12. The highest BCUT2D eigenvalue weighted by molar-refractivity contribution is 8.12. The van der Waals surface area contributed by atoms with Gasteiger partial charge in [-0.2, -0.15) is 0 Å². The highest BCUT2D eigenvalue weighted by atomic mass is 32.2. The maximum atomic E-state index is 5.67. The number of aromatic nitrogens is 2. The van der Waals surface area contributed by atoms with Crippen LogP contribution in [0.25, 0.3) is 98.1 Å². The second kappa shape index (κ2) is 15.1. The van der Waals surface area contributed by atoms with Gasteiger partial charge in [0.2, 0.25) is 5.96 Å². The first-order valence-corrected chi connectivity index (χ1v) is 23.7. The van der Waals surface area contributed by atoms with Gasteiger partial charge in [0.1, 0.15) is 0 Å². The fraction of sp³-hybridized carbons (Fsp3) is 0.0161. The summed E-state index contributed by atoms with van der Waals surface area (Å²) in [5, 5.41) is 14.0. The first kappa shape index (κ1) is 37.9. The predicted octanol–water partition coefficient (Wildman–Crippen LogP) is 15.7. The van der Waals surface area contributed by atoms with Crippen molar-refractivity contribution in [1.82, 2.24) is 14.5 Å². The normalized spacial score (nSPS) is 15.0. The van der Waals surface area contributed by atoms with E-state index >= 15 is 0 Å². The number of hydrogen-bond donors (Lipinski definition) is 1. The molecule has 4 heterocycles. The van der Waals surface area contributed by atoms with Gasteiger partial charge >= 0.3 is 0 Å². The molecule has 10 aromatic carbocycles. The Labute approximate surface area is 391 Å². The summed E-state index contributed by atoms with van der Waals surface area (Å²) in [7, 11) is 0. The van der Waals surface area contributed by atoms with Crippen molar-refractivity contribution in [1.29, 1.82) is 0 Å². The summed E-state index contributed by atoms with van der Waals surface area (Å²) in [5.74, 6) is 0.806. The maximum absolute atomic E-state index is 5.67. The number of para-hydroxylation sites is 1. The van der Waals surface area contributed by atoms with Crippen molar-refractivity contribution in [3.63, 3.8) is 0 Å². The fourth-order valence-electron chi connectivity index (χ4n) is 10.8. The van der Waals surface area contributed by atoms with Crippen molar-refractivity contribution >= 4 is 99.1 Å². The van der Waals surface area contributed by atoms with Crippen LogP contribution in [0.1, 0.15) is 16.7 Å². The third kappa shape index (κ3) is 5.91. The second-order valence-electron chi connectivity index (χ2n) is 17.5. The van der Waals surface area contributed by atoms with E-state index in [-0.39, 0.29) is 6.04 Å². The van der Waals surface area contributed by atoms with Gasteiger partial charge in [0.05, 0.1) is 33.8 Å². The molecule has 0 saturated carbocycles. The molecule has 4 nitrogen and oxygen atoms in total. The Morgan fingerprint density at radius 1 is 0.388 bits per heavy atom. The molecule has 1 atom stereocenters. The van der Waals surface area contributed by atoms with Crippen molar-refractivity contribution in [2.45, 2.75) is 6.04 Å². The Hall–Kier alpha value is -8.38. The van der Waals surface area contributed by atoms with Gasteiger partial charge in [0.25, 0.3) is 0 Å². The standard InChI is InChI=1S/C62H40N4S/c1-5-19-41(20-6-1)55-59-61(67-60(55)43-23-9-3-10-24-43)58(42-21-7-2-8-22-42)63-62(64-59)66-51-34-32-44(37-50(51)57-48-28-16-14-18-40(48)31-36-53(57)66)45-29-33-49-54(38-45)65(46-25-11-4-12-26-46)52-35-30-39-17-13-15-27-47(39)56(49)52/h1-38,59H,(H,63,64). The number of nitrogens with zero attached hydrogens (tertiary/aromatic N) is 3. The van der Waals surface area contributed by atoms with Crippen LogP contribution in [-0.4, -0.2) is 21.1 Å². The van der Waals surface area contributed by atoms with Crippen LogP contribution < -0.4 is 5.32 Å². The molecular formula is C62H40N4S. The molecule has 0 spiro atoms. The number of benzene rings is 10. The molecule has 1 N–H and O–H groups in total. The molecule has 0 amide bonds. The van der Waals surface area contributed by atoms with Crippen LogP contribution in [-0.2, 0) is 0 Å². The fourth-order valence-corrected chi connectivity index (χ4v) is 12.2. The summed E-state index contributed by atoms with van der Waals surface area (Å²) >= 11 is 1.84. The van der Waals surface area contributed by atoms with Crippen molar-refractivity contribution in [2.24, 2.45) is 4.99 Å². The minimum absolute atomic E-state index is 0.127. The lowest BCUT2D eigenvalue weighted by Gasteiger charge is -2.28. The zero-order valence-corrected chi connectivity index (χ0v) is 37.1. The van der Waals surface area contributed by atoms with Crippen LogP contribution in [0.4, 0.5) is 0 Å². The van der Waals surface area contributed by atoms with Crippen LogP contribution >= 0.6 is 11.8 Å². The zero-order valence-electron chi connectivity index (χ0n) is 36.3. The molecule has 0 saturated heterocycles. The van der Waals surface area contributed by atoms with Gasteiger partial charge in [-0.1, -0.05) is 200 Å². The molecule has 12 aromatic rings. The van der Waals surface area contributed by atoms with E-state index in [1.165, 1.54) is 86.2 Å². The third-order valence-electron chi connectivity index (χ3n) is 13.8. The molecule has 0 bridgehead atoms. The minimum atomic E-state index is -0.127. The molecular weight excluding hydrogens is 833 g/mol. The molecule has 5 heteroatoms. The molecule has 0 aliphatic carbocycles. The number of hydrogen-bond acceptors (Lipinski definition) is 3. The molecule has 1 unspecified atom stereocenters. The summed E-state index contributed by atoms with van der Waals surface area (Å²) in [5.41, 5.74) is 13.8. The van der Waals surface area contributed by atoms with E-state index in [0.717, 1.165) is 39.5 Å². The SMILES string of the molecule is c1ccc(C2=C3SC(c4ccccc4)=C(c4ccccc4)C3NC(n3c4ccc(-c5ccc6c7c8ccccc8ccc7n(-c7ccccc7)c6c5)cc4c4c5ccccc5ccc43)=N2)cc1. The Kier molecular flexibility index (Phi) is 8.55. The lowest BCUT2D eigenvalue weighted by atomic mass is 9.93. The summed E-state index contributed by atoms with van der Waals surface area (Å²) < 4.78 is 4.80. The Bertz CT molecular complexity index is 4070. The van der Waals surface area contributed by atoms with Crippen molar-refractivity contribution < 1.29 is 0 Å². The van der Waals surface area contributed by atoms with Crippen LogP contribution in [0.3, 0.4) is 0 Å². The Balaban J connectivity index is 0.998. The van der Waals surface area contributed by atoms with E-state index in [9.17, 15) is 0 Å². The van der Waals surface area contributed by atoms with Gasteiger partial charge in [-0.25, -0.2) is 4.99 Å². The number of nitrogens with one attached hydrogen (secondary N) is 1. The van der Waals surface area contributed by atoms with E-state index in [0.29, 0.717) is 0 Å². The van der Waals surface area contributed by atoms with E-state index in [4.69, 9.17) is 4.99 Å². The first-order chi connectivity index (χ1) is 33.2. The summed E-state index contributed by atoms with van der Waals surface area (Å²) in [6, 6.07) is 83.6. The molecule has 0 fully saturated rings. The summed E-state index contributed by atoms with van der Waals surface area (Å²) in [6.07, 6.45) is 0. The summed E-state index contributed by atoms with van der Waals surface area (Å²) in [6.45, 7) is 0. The highest BCUT2D eigenvalue weighted by Gasteiger charge is 2.39. The number of rotatable bonds is 5. The highest BCUT2D eigenvalue weighted by Crippen LogP contribution is 2.54. The Morgan fingerprint density at radius 3 is 1.61 bits per heavy atom. The van der Waals surface area contributed by atoms with Gasteiger partial charge in [0, 0.05) is 48.2 Å². The molecule has 14 rings (SSSR count). The van der Waals surface area contributed by atoms with Gasteiger partial charge in [0.15, 0.2) is 0 Å². The molecule has 314 valence electrons. The molecule has 2 aliphatic rings. The van der Waals surface area contributed by atoms with Crippen LogP contribution in [0.15, 0.2) is 240 Å². The number of thioether (sulfide) groups is 1. The van der Waals surface area contributed by atoms with Crippen LogP contribution in [0.5, 0.6) is 0 Å². The van der Waals surface area contributed by atoms with E-state index < -0.39 is 0 Å². The minimum Gasteiger partial charge on any atom is -0.344 e. The van der Waals surface area contributed by atoms with Crippen molar-refractivity contribution in [2.75, 3.05) is 0 Å². The molecule has 2 aliphatic heterocycles. The Morgan fingerprint density at radius 2 is 0.925 bits per heavy atom. The maximum Gasteiger partial charge on any atom is 0.209 e. The topological polar surface area (TPSA) is 34.2 Å². The van der Waals surface area contributed by atoms with Gasteiger partial charge < -0.3 is 9.88 Å². The predicted molar refractivity (Wildman–Crippen MR) is 285 cm³/mol. The van der Waals surface area contributed by atoms with Crippen molar-refractivity contribution in [3.05, 3.63) is 252 Å². The van der Waals surface area contributed by atoms with E-state index in [2.05, 4.69) is 245 Å². The van der Waals surface area contributed by atoms with Crippen LogP contribution in [0, 0.1) is 0 Å². The largest absolute Gasteiger partial charge is 0.344 e.